The van der Waals surface area contributed by atoms with Gasteiger partial charge >= 0.3 is 5.63 Å². The predicted octanol–water partition coefficient (Wildman–Crippen LogP) is 3.62. The highest BCUT2D eigenvalue weighted by Gasteiger charge is 2.20. The lowest BCUT2D eigenvalue weighted by molar-refractivity contribution is 0.104. The predicted molar refractivity (Wildman–Crippen MR) is 83.6 cm³/mol. The molecule has 1 N–H and O–H groups in total. The topological polar surface area (TPSA) is 67.5 Å². The molecular weight excluding hydrogens is 336 g/mol. The van der Waals surface area contributed by atoms with Gasteiger partial charge in [0.25, 0.3) is 0 Å². The minimum atomic E-state index is -0.855. The molecule has 0 fully saturated rings. The van der Waals surface area contributed by atoms with E-state index < -0.39 is 17.2 Å². The maximum atomic E-state index is 12.1. The van der Waals surface area contributed by atoms with E-state index in [0.717, 1.165) is 11.1 Å². The Bertz CT molecular complexity index is 787. The third-order valence-electron chi connectivity index (χ3n) is 2.92. The lowest BCUT2D eigenvalue weighted by Gasteiger charge is -2.03. The summed E-state index contributed by atoms with van der Waals surface area (Å²) in [6.45, 7) is 3.46. The largest absolute Gasteiger partial charge is 0.506 e. The molecule has 0 atom stereocenters. The van der Waals surface area contributed by atoms with E-state index in [1.165, 1.54) is 13.0 Å². The summed E-state index contributed by atoms with van der Waals surface area (Å²) in [7, 11) is 0. The lowest BCUT2D eigenvalue weighted by atomic mass is 10.1. The summed E-state index contributed by atoms with van der Waals surface area (Å²) in [6, 6.07) is 7.55. The summed E-state index contributed by atoms with van der Waals surface area (Å²) >= 11 is 3.08. The number of aryl methyl sites for hydroxylation is 2. The zero-order chi connectivity index (χ0) is 15.6. The number of carbonyl (C=O) groups excluding carboxylic acids is 1. The Kier molecular flexibility index (Phi) is 4.43. The number of allylic oxidation sites excluding steroid dienone is 1. The van der Waals surface area contributed by atoms with Gasteiger partial charge in [0.2, 0.25) is 0 Å². The summed E-state index contributed by atoms with van der Waals surface area (Å²) in [5, 5.41) is 9.91. The molecule has 4 nitrogen and oxygen atoms in total. The summed E-state index contributed by atoms with van der Waals surface area (Å²) in [4.78, 5) is 23.8. The Balaban J connectivity index is 2.38. The van der Waals surface area contributed by atoms with Crippen LogP contribution in [0.5, 0.6) is 5.75 Å². The van der Waals surface area contributed by atoms with E-state index >= 15 is 0 Å². The molecule has 2 aromatic rings. The zero-order valence-corrected chi connectivity index (χ0v) is 13.1. The van der Waals surface area contributed by atoms with Crippen molar-refractivity contribution in [1.29, 1.82) is 0 Å². The van der Waals surface area contributed by atoms with Crippen molar-refractivity contribution in [3.05, 3.63) is 67.7 Å². The number of carbonyl (C=O) groups is 1. The molecule has 0 spiro atoms. The van der Waals surface area contributed by atoms with E-state index in [1.54, 1.807) is 6.08 Å². The normalized spacial score (nSPS) is 11.0. The highest BCUT2D eigenvalue weighted by atomic mass is 79.9. The van der Waals surface area contributed by atoms with Crippen LogP contribution in [0.25, 0.3) is 6.08 Å². The Morgan fingerprint density at radius 2 is 2.05 bits per heavy atom. The summed E-state index contributed by atoms with van der Waals surface area (Å²) in [5.41, 5.74) is 0.659. The number of hydrogen-bond donors (Lipinski definition) is 1. The zero-order valence-electron chi connectivity index (χ0n) is 11.5. The van der Waals surface area contributed by atoms with Gasteiger partial charge in [-0.3, -0.25) is 4.79 Å². The van der Waals surface area contributed by atoms with Crippen molar-refractivity contribution in [2.45, 2.75) is 13.8 Å². The van der Waals surface area contributed by atoms with Gasteiger partial charge in [0.05, 0.1) is 4.47 Å². The molecule has 1 aromatic heterocycles. The highest BCUT2D eigenvalue weighted by Crippen LogP contribution is 2.29. The van der Waals surface area contributed by atoms with Crippen molar-refractivity contribution in [2.24, 2.45) is 0 Å². The maximum absolute atomic E-state index is 12.1. The number of halogens is 1. The molecule has 0 amide bonds. The Morgan fingerprint density at radius 3 is 2.71 bits per heavy atom. The average Bonchev–Trinajstić information content (AvgIpc) is 2.43. The number of benzene rings is 1. The molecule has 0 aliphatic carbocycles. The van der Waals surface area contributed by atoms with Crippen LogP contribution in [0.2, 0.25) is 0 Å². The van der Waals surface area contributed by atoms with Gasteiger partial charge in [-0.25, -0.2) is 4.79 Å². The lowest BCUT2D eigenvalue weighted by Crippen LogP contribution is -2.13. The molecule has 0 saturated heterocycles. The van der Waals surface area contributed by atoms with Crippen LogP contribution in [0.15, 0.2) is 44.0 Å². The molecule has 2 rings (SSSR count). The van der Waals surface area contributed by atoms with Crippen LogP contribution in [0.4, 0.5) is 0 Å². The van der Waals surface area contributed by atoms with Gasteiger partial charge < -0.3 is 9.52 Å². The molecule has 5 heteroatoms. The van der Waals surface area contributed by atoms with Gasteiger partial charge in [-0.2, -0.15) is 0 Å². The van der Waals surface area contributed by atoms with Crippen LogP contribution in [0.1, 0.15) is 27.2 Å². The van der Waals surface area contributed by atoms with E-state index in [-0.39, 0.29) is 15.8 Å². The summed E-state index contributed by atoms with van der Waals surface area (Å²) in [6.07, 6.45) is 2.82. The molecule has 0 saturated carbocycles. The van der Waals surface area contributed by atoms with Crippen molar-refractivity contribution < 1.29 is 14.3 Å². The fraction of sp³-hybridized carbons (Fsp3) is 0.125. The fourth-order valence-electron chi connectivity index (χ4n) is 1.85. The minimum absolute atomic E-state index is 0.203. The maximum Gasteiger partial charge on any atom is 0.351 e. The highest BCUT2D eigenvalue weighted by molar-refractivity contribution is 9.10. The summed E-state index contributed by atoms with van der Waals surface area (Å²) in [5.74, 6) is -0.789. The first-order valence-electron chi connectivity index (χ1n) is 6.21. The third kappa shape index (κ3) is 3.31. The van der Waals surface area contributed by atoms with Gasteiger partial charge in [-0.1, -0.05) is 35.9 Å². The van der Waals surface area contributed by atoms with E-state index in [2.05, 4.69) is 15.9 Å². The molecular formula is C16H13BrO4. The van der Waals surface area contributed by atoms with Crippen molar-refractivity contribution in [2.75, 3.05) is 0 Å². The molecule has 0 unspecified atom stereocenters. The quantitative estimate of drug-likeness (QED) is 0.679. The first kappa shape index (κ1) is 15.3. The van der Waals surface area contributed by atoms with Crippen molar-refractivity contribution in [3.63, 3.8) is 0 Å². The second kappa shape index (κ2) is 6.10. The van der Waals surface area contributed by atoms with Gasteiger partial charge in [0.15, 0.2) is 17.1 Å². The molecule has 21 heavy (non-hydrogen) atoms. The van der Waals surface area contributed by atoms with E-state index in [4.69, 9.17) is 4.42 Å². The van der Waals surface area contributed by atoms with Crippen molar-refractivity contribution in [1.82, 2.24) is 0 Å². The number of aromatic hydroxyl groups is 1. The van der Waals surface area contributed by atoms with Crippen molar-refractivity contribution >= 4 is 27.8 Å². The van der Waals surface area contributed by atoms with E-state index in [9.17, 15) is 14.7 Å². The Morgan fingerprint density at radius 1 is 1.33 bits per heavy atom. The SMILES string of the molecule is Cc1cccc(C=CC(=O)c2c(O)c(Br)c(C)oc2=O)c1. The van der Waals surface area contributed by atoms with Gasteiger partial charge in [0, 0.05) is 0 Å². The second-order valence-corrected chi connectivity index (χ2v) is 5.39. The van der Waals surface area contributed by atoms with E-state index in [0.29, 0.717) is 0 Å². The number of ketones is 1. The molecule has 0 radical (unpaired) electrons. The van der Waals surface area contributed by atoms with E-state index in [1.807, 2.05) is 31.2 Å². The molecule has 108 valence electrons. The molecule has 1 aromatic carbocycles. The monoisotopic (exact) mass is 348 g/mol. The molecule has 0 aliphatic rings. The van der Waals surface area contributed by atoms with Crippen LogP contribution in [-0.2, 0) is 0 Å². The first-order valence-corrected chi connectivity index (χ1v) is 7.00. The van der Waals surface area contributed by atoms with Crippen LogP contribution < -0.4 is 5.63 Å². The van der Waals surface area contributed by atoms with Crippen LogP contribution in [0, 0.1) is 13.8 Å². The number of hydrogen-bond acceptors (Lipinski definition) is 4. The van der Waals surface area contributed by atoms with Gasteiger partial charge in [-0.05, 0) is 41.4 Å². The molecule has 1 heterocycles. The second-order valence-electron chi connectivity index (χ2n) is 4.60. The third-order valence-corrected chi connectivity index (χ3v) is 3.85. The Hall–Kier alpha value is -2.14. The van der Waals surface area contributed by atoms with Crippen molar-refractivity contribution in [3.8, 4) is 5.75 Å². The van der Waals surface area contributed by atoms with Gasteiger partial charge in [-0.15, -0.1) is 0 Å². The Labute approximate surface area is 129 Å². The van der Waals surface area contributed by atoms with Crippen LogP contribution in [0.3, 0.4) is 0 Å². The minimum Gasteiger partial charge on any atom is -0.506 e. The first-order chi connectivity index (χ1) is 9.90. The number of rotatable bonds is 3. The molecule has 0 bridgehead atoms. The average molecular weight is 349 g/mol. The smallest absolute Gasteiger partial charge is 0.351 e. The summed E-state index contributed by atoms with van der Waals surface area (Å²) < 4.78 is 5.10. The van der Waals surface area contributed by atoms with Crippen LogP contribution in [-0.4, -0.2) is 10.9 Å². The fourth-order valence-corrected chi connectivity index (χ4v) is 2.13. The van der Waals surface area contributed by atoms with Gasteiger partial charge in [0.1, 0.15) is 5.76 Å². The van der Waals surface area contributed by atoms with Crippen LogP contribution >= 0.6 is 15.9 Å². The molecule has 0 aliphatic heterocycles. The standard InChI is InChI=1S/C16H13BrO4/c1-9-4-3-5-11(8-9)6-7-12(18)13-15(19)14(17)10(2)21-16(13)20/h3-8,19H,1-2H3.